The fourth-order valence-corrected chi connectivity index (χ4v) is 2.00. The number of anilines is 2. The minimum absolute atomic E-state index is 0.587. The molecule has 0 radical (unpaired) electrons. The minimum atomic E-state index is 0.587. The number of hydrogen-bond acceptors (Lipinski definition) is 1. The van der Waals surface area contributed by atoms with Crippen LogP contribution in [0.5, 0.6) is 0 Å². The van der Waals surface area contributed by atoms with Crippen LogP contribution in [0.15, 0.2) is 48.5 Å². The zero-order valence-corrected chi connectivity index (χ0v) is 11.6. The van der Waals surface area contributed by atoms with E-state index in [1.54, 1.807) is 0 Å². The summed E-state index contributed by atoms with van der Waals surface area (Å²) in [5, 5.41) is 0. The Morgan fingerprint density at radius 3 is 1.67 bits per heavy atom. The molecule has 0 N–H and O–H groups in total. The summed E-state index contributed by atoms with van der Waals surface area (Å²) in [6.45, 7) is 6.55. The van der Waals surface area contributed by atoms with Crippen LogP contribution < -0.4 is 4.90 Å². The van der Waals surface area contributed by atoms with Gasteiger partial charge in [0, 0.05) is 18.4 Å². The Morgan fingerprint density at radius 1 is 0.778 bits per heavy atom. The van der Waals surface area contributed by atoms with Crippen LogP contribution in [0.1, 0.15) is 30.9 Å². The molecule has 0 aliphatic rings. The molecule has 1 heteroatoms. The van der Waals surface area contributed by atoms with Crippen molar-refractivity contribution < 1.29 is 0 Å². The number of hydrogen-bond donors (Lipinski definition) is 0. The van der Waals surface area contributed by atoms with E-state index in [-0.39, 0.29) is 0 Å². The summed E-state index contributed by atoms with van der Waals surface area (Å²) in [4.78, 5) is 2.21. The van der Waals surface area contributed by atoms with Crippen LogP contribution in [0.25, 0.3) is 0 Å². The van der Waals surface area contributed by atoms with Crippen LogP contribution in [0.4, 0.5) is 11.4 Å². The summed E-state index contributed by atoms with van der Waals surface area (Å²) in [6.07, 6.45) is 0. The van der Waals surface area contributed by atoms with Crippen molar-refractivity contribution in [2.45, 2.75) is 26.7 Å². The van der Waals surface area contributed by atoms with Gasteiger partial charge < -0.3 is 4.90 Å². The van der Waals surface area contributed by atoms with E-state index in [2.05, 4.69) is 81.2 Å². The van der Waals surface area contributed by atoms with Gasteiger partial charge in [-0.15, -0.1) is 0 Å². The van der Waals surface area contributed by atoms with Gasteiger partial charge in [0.1, 0.15) is 0 Å². The zero-order chi connectivity index (χ0) is 13.1. The molecule has 2 aromatic carbocycles. The van der Waals surface area contributed by atoms with Gasteiger partial charge in [0.15, 0.2) is 0 Å². The highest BCUT2D eigenvalue weighted by molar-refractivity contribution is 5.62. The van der Waals surface area contributed by atoms with Crippen LogP contribution in [-0.2, 0) is 0 Å². The molecule has 94 valence electrons. The van der Waals surface area contributed by atoms with E-state index in [0.717, 1.165) is 0 Å². The lowest BCUT2D eigenvalue weighted by Gasteiger charge is -2.20. The average molecular weight is 239 g/mol. The van der Waals surface area contributed by atoms with Crippen molar-refractivity contribution in [2.75, 3.05) is 11.9 Å². The molecule has 0 aromatic heterocycles. The molecule has 0 spiro atoms. The lowest BCUT2D eigenvalue weighted by molar-refractivity contribution is 0.866. The van der Waals surface area contributed by atoms with Gasteiger partial charge in [-0.1, -0.05) is 43.7 Å². The number of nitrogens with zero attached hydrogens (tertiary/aromatic N) is 1. The van der Waals surface area contributed by atoms with Crippen LogP contribution in [0.3, 0.4) is 0 Å². The fraction of sp³-hybridized carbons (Fsp3) is 0.294. The summed E-state index contributed by atoms with van der Waals surface area (Å²) in [5.74, 6) is 0.587. The predicted octanol–water partition coefficient (Wildman–Crippen LogP) is 4.89. The largest absolute Gasteiger partial charge is 0.345 e. The Balaban J connectivity index is 2.23. The van der Waals surface area contributed by atoms with Gasteiger partial charge in [-0.25, -0.2) is 0 Å². The summed E-state index contributed by atoms with van der Waals surface area (Å²) in [7, 11) is 2.11. The van der Waals surface area contributed by atoms with Crippen molar-refractivity contribution in [1.82, 2.24) is 0 Å². The smallest absolute Gasteiger partial charge is 0.0408 e. The van der Waals surface area contributed by atoms with E-state index in [1.807, 2.05) is 0 Å². The van der Waals surface area contributed by atoms with E-state index in [1.165, 1.54) is 22.5 Å². The van der Waals surface area contributed by atoms with Gasteiger partial charge >= 0.3 is 0 Å². The normalized spacial score (nSPS) is 10.7. The molecule has 18 heavy (non-hydrogen) atoms. The first-order valence-electron chi connectivity index (χ1n) is 6.48. The number of aryl methyl sites for hydroxylation is 1. The van der Waals surface area contributed by atoms with Crippen molar-refractivity contribution in [2.24, 2.45) is 0 Å². The number of benzene rings is 2. The standard InChI is InChI=1S/C17H21N/c1-13(2)15-7-11-17(12-8-15)18(4)16-9-5-14(3)6-10-16/h5-13H,1-4H3. The Hall–Kier alpha value is -1.76. The Bertz CT molecular complexity index is 494. The summed E-state index contributed by atoms with van der Waals surface area (Å²) >= 11 is 0. The fourth-order valence-electron chi connectivity index (χ4n) is 2.00. The van der Waals surface area contributed by atoms with Crippen LogP contribution in [-0.4, -0.2) is 7.05 Å². The van der Waals surface area contributed by atoms with E-state index >= 15 is 0 Å². The molecule has 0 saturated carbocycles. The first-order chi connectivity index (χ1) is 8.58. The van der Waals surface area contributed by atoms with Crippen LogP contribution >= 0.6 is 0 Å². The quantitative estimate of drug-likeness (QED) is 0.737. The SMILES string of the molecule is Cc1ccc(N(C)c2ccc(C(C)C)cc2)cc1. The third-order valence-electron chi connectivity index (χ3n) is 3.37. The second-order valence-corrected chi connectivity index (χ2v) is 5.14. The molecule has 0 bridgehead atoms. The molecule has 0 saturated heterocycles. The number of rotatable bonds is 3. The molecule has 0 heterocycles. The first kappa shape index (κ1) is 12.7. The maximum atomic E-state index is 2.22. The van der Waals surface area contributed by atoms with Crippen molar-refractivity contribution in [3.63, 3.8) is 0 Å². The van der Waals surface area contributed by atoms with Crippen molar-refractivity contribution >= 4 is 11.4 Å². The second kappa shape index (κ2) is 5.26. The van der Waals surface area contributed by atoms with Gasteiger partial charge in [-0.05, 0) is 42.7 Å². The third-order valence-corrected chi connectivity index (χ3v) is 3.37. The maximum Gasteiger partial charge on any atom is 0.0408 e. The molecule has 0 amide bonds. The van der Waals surface area contributed by atoms with E-state index in [0.29, 0.717) is 5.92 Å². The molecule has 2 rings (SSSR count). The Kier molecular flexibility index (Phi) is 3.71. The van der Waals surface area contributed by atoms with E-state index in [9.17, 15) is 0 Å². The second-order valence-electron chi connectivity index (χ2n) is 5.14. The van der Waals surface area contributed by atoms with Gasteiger partial charge in [0.05, 0.1) is 0 Å². The zero-order valence-electron chi connectivity index (χ0n) is 11.6. The lowest BCUT2D eigenvalue weighted by atomic mass is 10.0. The summed E-state index contributed by atoms with van der Waals surface area (Å²) < 4.78 is 0. The molecular weight excluding hydrogens is 218 g/mol. The van der Waals surface area contributed by atoms with E-state index in [4.69, 9.17) is 0 Å². The molecule has 0 unspecified atom stereocenters. The summed E-state index contributed by atoms with van der Waals surface area (Å²) in [5.41, 5.74) is 5.12. The van der Waals surface area contributed by atoms with Gasteiger partial charge in [-0.2, -0.15) is 0 Å². The molecule has 0 aliphatic heterocycles. The third kappa shape index (κ3) is 2.73. The lowest BCUT2D eigenvalue weighted by Crippen LogP contribution is -2.09. The van der Waals surface area contributed by atoms with Crippen LogP contribution in [0, 0.1) is 6.92 Å². The molecular formula is C17H21N. The highest BCUT2D eigenvalue weighted by Gasteiger charge is 2.04. The van der Waals surface area contributed by atoms with Crippen molar-refractivity contribution in [3.05, 3.63) is 59.7 Å². The highest BCUT2D eigenvalue weighted by atomic mass is 15.1. The summed E-state index contributed by atoms with van der Waals surface area (Å²) in [6, 6.07) is 17.4. The van der Waals surface area contributed by atoms with Gasteiger partial charge in [0.25, 0.3) is 0 Å². The predicted molar refractivity (Wildman–Crippen MR) is 79.8 cm³/mol. The average Bonchev–Trinajstić information content (AvgIpc) is 2.39. The van der Waals surface area contributed by atoms with Crippen molar-refractivity contribution in [1.29, 1.82) is 0 Å². The monoisotopic (exact) mass is 239 g/mol. The molecule has 0 atom stereocenters. The highest BCUT2D eigenvalue weighted by Crippen LogP contribution is 2.25. The van der Waals surface area contributed by atoms with Gasteiger partial charge in [0.2, 0.25) is 0 Å². The molecule has 1 nitrogen and oxygen atoms in total. The Labute approximate surface area is 110 Å². The Morgan fingerprint density at radius 2 is 1.22 bits per heavy atom. The maximum absolute atomic E-state index is 2.22. The first-order valence-corrected chi connectivity index (χ1v) is 6.48. The minimum Gasteiger partial charge on any atom is -0.345 e. The molecule has 0 fully saturated rings. The molecule has 0 aliphatic carbocycles. The van der Waals surface area contributed by atoms with Gasteiger partial charge in [-0.3, -0.25) is 0 Å². The van der Waals surface area contributed by atoms with E-state index < -0.39 is 0 Å². The van der Waals surface area contributed by atoms with Crippen LogP contribution in [0.2, 0.25) is 0 Å². The molecule has 2 aromatic rings. The van der Waals surface area contributed by atoms with Crippen molar-refractivity contribution in [3.8, 4) is 0 Å². The topological polar surface area (TPSA) is 3.24 Å².